The molecule has 1 heterocycles. The SMILES string of the molecule is CN1CCC(COC(=O)C2(c3cccc(CCCC(=O)O)c3)CCCCC2)CC1. The van der Waals surface area contributed by atoms with Gasteiger partial charge in [0.15, 0.2) is 0 Å². The van der Waals surface area contributed by atoms with E-state index in [1.807, 2.05) is 12.1 Å². The maximum atomic E-state index is 13.3. The van der Waals surface area contributed by atoms with Gasteiger partial charge in [0.05, 0.1) is 12.0 Å². The number of likely N-dealkylation sites (tertiary alicyclic amines) is 1. The molecule has 3 rings (SSSR count). The fourth-order valence-electron chi connectivity index (χ4n) is 4.79. The number of esters is 1. The van der Waals surface area contributed by atoms with Gasteiger partial charge >= 0.3 is 11.9 Å². The Morgan fingerprint density at radius 1 is 1.17 bits per heavy atom. The van der Waals surface area contributed by atoms with Gasteiger partial charge in [-0.25, -0.2) is 0 Å². The van der Waals surface area contributed by atoms with Crippen molar-refractivity contribution in [2.75, 3.05) is 26.7 Å². The molecule has 0 bridgehead atoms. The van der Waals surface area contributed by atoms with Crippen molar-refractivity contribution in [1.82, 2.24) is 4.90 Å². The summed E-state index contributed by atoms with van der Waals surface area (Å²) in [7, 11) is 2.14. The van der Waals surface area contributed by atoms with Gasteiger partial charge in [0.1, 0.15) is 0 Å². The Morgan fingerprint density at radius 3 is 2.59 bits per heavy atom. The third-order valence-corrected chi connectivity index (χ3v) is 6.72. The molecule has 1 N–H and O–H groups in total. The van der Waals surface area contributed by atoms with Gasteiger partial charge in [0.25, 0.3) is 0 Å². The second-order valence-electron chi connectivity index (χ2n) is 8.94. The quantitative estimate of drug-likeness (QED) is 0.662. The first-order valence-electron chi connectivity index (χ1n) is 11.2. The fourth-order valence-corrected chi connectivity index (χ4v) is 4.79. The van der Waals surface area contributed by atoms with Gasteiger partial charge in [0, 0.05) is 6.42 Å². The first kappa shape index (κ1) is 21.8. The smallest absolute Gasteiger partial charge is 0.316 e. The molecule has 1 aliphatic carbocycles. The summed E-state index contributed by atoms with van der Waals surface area (Å²) >= 11 is 0. The van der Waals surface area contributed by atoms with E-state index in [9.17, 15) is 9.59 Å². The molecule has 2 aliphatic rings. The van der Waals surface area contributed by atoms with Gasteiger partial charge in [-0.3, -0.25) is 9.59 Å². The van der Waals surface area contributed by atoms with E-state index in [1.165, 1.54) is 6.42 Å². The van der Waals surface area contributed by atoms with Crippen LogP contribution in [0.15, 0.2) is 24.3 Å². The minimum atomic E-state index is -0.762. The highest BCUT2D eigenvalue weighted by atomic mass is 16.5. The van der Waals surface area contributed by atoms with Crippen molar-refractivity contribution in [3.05, 3.63) is 35.4 Å². The molecule has 29 heavy (non-hydrogen) atoms. The summed E-state index contributed by atoms with van der Waals surface area (Å²) in [5.74, 6) is -0.348. The van der Waals surface area contributed by atoms with Crippen LogP contribution in [0.3, 0.4) is 0 Å². The summed E-state index contributed by atoms with van der Waals surface area (Å²) in [4.78, 5) is 26.5. The second-order valence-corrected chi connectivity index (χ2v) is 8.94. The molecule has 1 aromatic carbocycles. The standard InChI is InChI=1S/C24H35NO4/c1-25-15-11-20(12-16-25)18-29-23(28)24(13-3-2-4-14-24)21-9-5-7-19(17-21)8-6-10-22(26)27/h5,7,9,17,20H,2-4,6,8,10-16,18H2,1H3,(H,26,27). The molecular formula is C24H35NO4. The van der Waals surface area contributed by atoms with Gasteiger partial charge in [0.2, 0.25) is 0 Å². The largest absolute Gasteiger partial charge is 0.481 e. The molecule has 1 saturated heterocycles. The molecule has 0 unspecified atom stereocenters. The summed E-state index contributed by atoms with van der Waals surface area (Å²) < 4.78 is 5.93. The molecule has 160 valence electrons. The van der Waals surface area contributed by atoms with Crippen molar-refractivity contribution in [3.8, 4) is 0 Å². The molecule has 0 amide bonds. The molecule has 0 spiro atoms. The van der Waals surface area contributed by atoms with Gasteiger partial charge in [-0.15, -0.1) is 0 Å². The lowest BCUT2D eigenvalue weighted by atomic mass is 9.69. The highest BCUT2D eigenvalue weighted by Crippen LogP contribution is 2.41. The maximum Gasteiger partial charge on any atom is 0.316 e. The molecular weight excluding hydrogens is 366 g/mol. The van der Waals surface area contributed by atoms with Crippen LogP contribution in [-0.4, -0.2) is 48.7 Å². The zero-order valence-electron chi connectivity index (χ0n) is 17.7. The Labute approximate surface area is 174 Å². The van der Waals surface area contributed by atoms with Crippen LogP contribution in [0.2, 0.25) is 0 Å². The third kappa shape index (κ3) is 5.81. The predicted octanol–water partition coefficient (Wildman–Crippen LogP) is 4.18. The van der Waals surface area contributed by atoms with Gasteiger partial charge in [-0.05, 0) is 75.7 Å². The summed E-state index contributed by atoms with van der Waals surface area (Å²) in [6, 6.07) is 8.21. The summed E-state index contributed by atoms with van der Waals surface area (Å²) in [6.45, 7) is 2.68. The number of carbonyl (C=O) groups excluding carboxylic acids is 1. The van der Waals surface area contributed by atoms with E-state index in [0.29, 0.717) is 18.9 Å². The first-order chi connectivity index (χ1) is 14.0. The van der Waals surface area contributed by atoms with Crippen LogP contribution in [0, 0.1) is 5.92 Å². The average molecular weight is 402 g/mol. The lowest BCUT2D eigenvalue weighted by Gasteiger charge is -2.36. The number of hydrogen-bond acceptors (Lipinski definition) is 4. The minimum absolute atomic E-state index is 0.0567. The summed E-state index contributed by atoms with van der Waals surface area (Å²) in [5.41, 5.74) is 1.63. The van der Waals surface area contributed by atoms with Crippen molar-refractivity contribution in [2.45, 2.75) is 69.6 Å². The number of rotatable bonds is 8. The van der Waals surface area contributed by atoms with Crippen LogP contribution in [0.25, 0.3) is 0 Å². The number of benzene rings is 1. The number of aliphatic carboxylic acids is 1. The molecule has 1 aliphatic heterocycles. The molecule has 5 heteroatoms. The number of piperidine rings is 1. The van der Waals surface area contributed by atoms with Crippen molar-refractivity contribution < 1.29 is 19.4 Å². The maximum absolute atomic E-state index is 13.3. The van der Waals surface area contributed by atoms with Crippen molar-refractivity contribution in [3.63, 3.8) is 0 Å². The number of ether oxygens (including phenoxy) is 1. The summed E-state index contributed by atoms with van der Waals surface area (Å²) in [5, 5.41) is 8.88. The summed E-state index contributed by atoms with van der Waals surface area (Å²) in [6.07, 6.45) is 8.66. The fraction of sp³-hybridized carbons (Fsp3) is 0.667. The van der Waals surface area contributed by atoms with E-state index < -0.39 is 11.4 Å². The number of nitrogens with zero attached hydrogens (tertiary/aromatic N) is 1. The van der Waals surface area contributed by atoms with E-state index in [1.54, 1.807) is 0 Å². The van der Waals surface area contributed by atoms with Crippen molar-refractivity contribution in [2.24, 2.45) is 5.92 Å². The Morgan fingerprint density at radius 2 is 1.90 bits per heavy atom. The van der Waals surface area contributed by atoms with Crippen LogP contribution in [0.1, 0.15) is 68.9 Å². The molecule has 1 aromatic rings. The third-order valence-electron chi connectivity index (χ3n) is 6.72. The topological polar surface area (TPSA) is 66.8 Å². The van der Waals surface area contributed by atoms with E-state index in [-0.39, 0.29) is 12.4 Å². The number of aryl methyl sites for hydroxylation is 1. The van der Waals surface area contributed by atoms with E-state index in [0.717, 1.165) is 69.2 Å². The van der Waals surface area contributed by atoms with Crippen LogP contribution in [0.5, 0.6) is 0 Å². The number of carboxylic acids is 1. The highest BCUT2D eigenvalue weighted by molar-refractivity contribution is 5.83. The molecule has 1 saturated carbocycles. The lowest BCUT2D eigenvalue weighted by Crippen LogP contribution is -2.41. The predicted molar refractivity (Wildman–Crippen MR) is 113 cm³/mol. The Balaban J connectivity index is 1.69. The normalized spacial score (nSPS) is 20.3. The van der Waals surface area contributed by atoms with Crippen LogP contribution >= 0.6 is 0 Å². The number of hydrogen-bond donors (Lipinski definition) is 1. The monoisotopic (exact) mass is 401 g/mol. The molecule has 0 atom stereocenters. The zero-order chi connectivity index (χ0) is 20.7. The Kier molecular flexibility index (Phi) is 7.70. The van der Waals surface area contributed by atoms with E-state index >= 15 is 0 Å². The van der Waals surface area contributed by atoms with Gasteiger partial charge in [-0.2, -0.15) is 0 Å². The van der Waals surface area contributed by atoms with Crippen LogP contribution < -0.4 is 0 Å². The van der Waals surface area contributed by atoms with E-state index in [4.69, 9.17) is 9.84 Å². The van der Waals surface area contributed by atoms with Gasteiger partial charge in [-0.1, -0.05) is 43.5 Å². The van der Waals surface area contributed by atoms with Gasteiger partial charge < -0.3 is 14.7 Å². The van der Waals surface area contributed by atoms with Crippen molar-refractivity contribution >= 4 is 11.9 Å². The van der Waals surface area contributed by atoms with Crippen LogP contribution in [0.4, 0.5) is 0 Å². The average Bonchev–Trinajstić information content (AvgIpc) is 2.73. The highest BCUT2D eigenvalue weighted by Gasteiger charge is 2.43. The van der Waals surface area contributed by atoms with E-state index in [2.05, 4.69) is 24.1 Å². The Bertz CT molecular complexity index is 688. The Hall–Kier alpha value is -1.88. The minimum Gasteiger partial charge on any atom is -0.481 e. The molecule has 0 radical (unpaired) electrons. The van der Waals surface area contributed by atoms with Crippen molar-refractivity contribution in [1.29, 1.82) is 0 Å². The lowest BCUT2D eigenvalue weighted by molar-refractivity contribution is -0.154. The number of carboxylic acid groups (broad SMARTS) is 1. The molecule has 0 aromatic heterocycles. The molecule has 2 fully saturated rings. The van der Waals surface area contributed by atoms with Crippen LogP contribution in [-0.2, 0) is 26.2 Å². The first-order valence-corrected chi connectivity index (χ1v) is 11.2. The zero-order valence-corrected chi connectivity index (χ0v) is 17.7. The number of carbonyl (C=O) groups is 2. The molecule has 5 nitrogen and oxygen atoms in total. The second kappa shape index (κ2) is 10.2.